The molecule has 0 fully saturated rings. The standard InChI is InChI=1S/C46H82NO7P/c1-10-11-12-13-14-15-16-17-18-19-20-21-22-23-24-25-35-51-38-43(39-53-55(49,50)52-36-34-47(7,8)9)54-45(48)37-41(3)29-26-28-40(2)31-32-44-42(4)30-27-33-46(44,5)6/h26,28-29,31-32,37,43H,10-25,27,30,33-36,38-39H2,1-9H3/b29-26+,32-31+,40-28+,41-37+. The summed E-state index contributed by atoms with van der Waals surface area (Å²) in [5, 5.41) is 0. The van der Waals surface area contributed by atoms with Gasteiger partial charge in [0.25, 0.3) is 7.82 Å². The Kier molecular flexibility index (Phi) is 27.4. The van der Waals surface area contributed by atoms with Gasteiger partial charge in [0, 0.05) is 12.7 Å². The van der Waals surface area contributed by atoms with Crippen LogP contribution >= 0.6 is 7.82 Å². The van der Waals surface area contributed by atoms with Gasteiger partial charge < -0.3 is 27.9 Å². The van der Waals surface area contributed by atoms with Gasteiger partial charge in [0.2, 0.25) is 0 Å². The summed E-state index contributed by atoms with van der Waals surface area (Å²) in [5.74, 6) is -0.587. The molecule has 0 aliphatic heterocycles. The normalized spacial score (nSPS) is 17.3. The fourth-order valence-electron chi connectivity index (χ4n) is 6.79. The van der Waals surface area contributed by atoms with Crippen LogP contribution in [0.5, 0.6) is 0 Å². The zero-order valence-electron chi connectivity index (χ0n) is 36.8. The summed E-state index contributed by atoms with van der Waals surface area (Å²) in [4.78, 5) is 25.3. The predicted molar refractivity (Wildman–Crippen MR) is 229 cm³/mol. The number of esters is 1. The SMILES string of the molecule is CCCCCCCCCCCCCCCCCCOCC(COP(=O)([O-])OCC[N+](C)(C)C)OC(=O)/C=C(C)/C=C/C=C(C)/C=C/C1=C(C)CCCC1(C)C. The minimum Gasteiger partial charge on any atom is -0.756 e. The minimum absolute atomic E-state index is 0.00203. The Bertz CT molecular complexity index is 1260. The molecule has 1 rings (SSSR count). The predicted octanol–water partition coefficient (Wildman–Crippen LogP) is 11.9. The fraction of sp³-hybridized carbons (Fsp3) is 0.761. The summed E-state index contributed by atoms with van der Waals surface area (Å²) < 4.78 is 34.6. The molecule has 0 aromatic rings. The van der Waals surface area contributed by atoms with Crippen LogP contribution in [0.4, 0.5) is 0 Å². The maximum absolute atomic E-state index is 12.9. The van der Waals surface area contributed by atoms with Gasteiger partial charge in [0.05, 0.1) is 34.4 Å². The van der Waals surface area contributed by atoms with E-state index in [0.717, 1.165) is 24.8 Å². The number of unbranched alkanes of at least 4 members (excludes halogenated alkanes) is 15. The topological polar surface area (TPSA) is 94.1 Å². The number of ether oxygens (including phenoxy) is 2. The second-order valence-electron chi connectivity index (χ2n) is 17.5. The Morgan fingerprint density at radius 3 is 1.93 bits per heavy atom. The smallest absolute Gasteiger partial charge is 0.331 e. The molecule has 0 amide bonds. The van der Waals surface area contributed by atoms with E-state index in [9.17, 15) is 14.3 Å². The van der Waals surface area contributed by atoms with Crippen molar-refractivity contribution in [3.05, 3.63) is 58.7 Å². The van der Waals surface area contributed by atoms with E-state index in [2.05, 4.69) is 46.8 Å². The number of phosphoric acid groups is 1. The number of carbonyl (C=O) groups is 1. The van der Waals surface area contributed by atoms with Crippen molar-refractivity contribution in [3.8, 4) is 0 Å². The molecule has 0 heterocycles. The van der Waals surface area contributed by atoms with E-state index in [-0.39, 0.29) is 25.2 Å². The average Bonchev–Trinajstić information content (AvgIpc) is 3.08. The number of rotatable bonds is 32. The molecule has 0 saturated carbocycles. The molecule has 0 N–H and O–H groups in total. The average molecular weight is 792 g/mol. The third-order valence-corrected chi connectivity index (χ3v) is 11.2. The summed E-state index contributed by atoms with van der Waals surface area (Å²) in [6.45, 7) is 13.7. The van der Waals surface area contributed by atoms with Crippen LogP contribution in [-0.4, -0.2) is 70.7 Å². The molecule has 9 heteroatoms. The number of allylic oxidation sites excluding steroid dienone is 9. The van der Waals surface area contributed by atoms with Crippen LogP contribution in [0, 0.1) is 5.41 Å². The van der Waals surface area contributed by atoms with Crippen LogP contribution in [0.3, 0.4) is 0 Å². The van der Waals surface area contributed by atoms with Crippen molar-refractivity contribution in [3.63, 3.8) is 0 Å². The zero-order valence-corrected chi connectivity index (χ0v) is 37.7. The molecule has 0 aromatic carbocycles. The highest BCUT2D eigenvalue weighted by Gasteiger charge is 2.26. The Balaban J connectivity index is 2.54. The quantitative estimate of drug-likeness (QED) is 0.0167. The van der Waals surface area contributed by atoms with E-state index >= 15 is 0 Å². The van der Waals surface area contributed by atoms with Crippen LogP contribution in [0.2, 0.25) is 0 Å². The summed E-state index contributed by atoms with van der Waals surface area (Å²) >= 11 is 0. The Morgan fingerprint density at radius 2 is 1.38 bits per heavy atom. The van der Waals surface area contributed by atoms with E-state index in [4.69, 9.17) is 18.5 Å². The molecule has 55 heavy (non-hydrogen) atoms. The van der Waals surface area contributed by atoms with Gasteiger partial charge in [-0.15, -0.1) is 0 Å². The first-order valence-electron chi connectivity index (χ1n) is 21.6. The molecule has 1 aliphatic carbocycles. The molecule has 0 aromatic heterocycles. The van der Waals surface area contributed by atoms with Crippen molar-refractivity contribution in [1.82, 2.24) is 0 Å². The zero-order chi connectivity index (χ0) is 41.0. The van der Waals surface area contributed by atoms with Crippen LogP contribution in [-0.2, 0) is 27.9 Å². The van der Waals surface area contributed by atoms with Gasteiger partial charge in [-0.2, -0.15) is 0 Å². The maximum Gasteiger partial charge on any atom is 0.331 e. The Labute approximate surface area is 338 Å². The molecule has 2 atom stereocenters. The summed E-state index contributed by atoms with van der Waals surface area (Å²) in [5.41, 5.74) is 4.89. The summed E-state index contributed by atoms with van der Waals surface area (Å²) in [6, 6.07) is 0. The Morgan fingerprint density at radius 1 is 0.818 bits per heavy atom. The highest BCUT2D eigenvalue weighted by molar-refractivity contribution is 7.45. The molecular weight excluding hydrogens is 709 g/mol. The first-order chi connectivity index (χ1) is 26.0. The molecule has 2 unspecified atom stereocenters. The third-order valence-electron chi connectivity index (χ3n) is 10.3. The number of carbonyl (C=O) groups excluding carboxylic acids is 1. The lowest BCUT2D eigenvalue weighted by Crippen LogP contribution is -2.37. The molecule has 0 spiro atoms. The van der Waals surface area contributed by atoms with E-state index in [1.807, 2.05) is 46.3 Å². The molecule has 0 bridgehead atoms. The Hall–Kier alpha value is -1.80. The van der Waals surface area contributed by atoms with Gasteiger partial charge >= 0.3 is 5.97 Å². The van der Waals surface area contributed by atoms with Crippen LogP contribution in [0.25, 0.3) is 0 Å². The highest BCUT2D eigenvalue weighted by Crippen LogP contribution is 2.41. The van der Waals surface area contributed by atoms with E-state index in [1.54, 1.807) is 0 Å². The first kappa shape index (κ1) is 51.2. The number of likely N-dealkylation sites (N-methyl/N-ethyl adjacent to an activating group) is 1. The van der Waals surface area contributed by atoms with Crippen LogP contribution < -0.4 is 4.89 Å². The van der Waals surface area contributed by atoms with Crippen molar-refractivity contribution >= 4 is 13.8 Å². The number of quaternary nitrogens is 1. The number of hydrogen-bond donors (Lipinski definition) is 0. The molecule has 1 aliphatic rings. The largest absolute Gasteiger partial charge is 0.756 e. The van der Waals surface area contributed by atoms with Crippen molar-refractivity contribution in [2.75, 3.05) is 54.1 Å². The highest BCUT2D eigenvalue weighted by atomic mass is 31.2. The van der Waals surface area contributed by atoms with Gasteiger partial charge in [-0.05, 0) is 63.0 Å². The second kappa shape index (κ2) is 29.4. The second-order valence-corrected chi connectivity index (χ2v) is 18.9. The first-order valence-corrected chi connectivity index (χ1v) is 23.1. The molecular formula is C46H82NO7P. The number of nitrogens with zero attached hydrogens (tertiary/aromatic N) is 1. The molecule has 8 nitrogen and oxygen atoms in total. The van der Waals surface area contributed by atoms with Crippen molar-refractivity contribution in [2.24, 2.45) is 5.41 Å². The number of phosphoric ester groups is 1. The van der Waals surface area contributed by atoms with Crippen LogP contribution in [0.15, 0.2) is 58.7 Å². The van der Waals surface area contributed by atoms with E-state index < -0.39 is 19.9 Å². The van der Waals surface area contributed by atoms with Crippen molar-refractivity contribution in [2.45, 2.75) is 170 Å². The summed E-state index contributed by atoms with van der Waals surface area (Å²) in [7, 11) is 1.26. The van der Waals surface area contributed by atoms with Crippen molar-refractivity contribution < 1.29 is 37.3 Å². The van der Waals surface area contributed by atoms with Gasteiger partial charge in [0.15, 0.2) is 0 Å². The lowest BCUT2D eigenvalue weighted by Gasteiger charge is -2.32. The van der Waals surface area contributed by atoms with Crippen molar-refractivity contribution in [1.29, 1.82) is 0 Å². The molecule has 318 valence electrons. The lowest BCUT2D eigenvalue weighted by molar-refractivity contribution is -0.870. The molecule has 0 saturated heterocycles. The van der Waals surface area contributed by atoms with Gasteiger partial charge in [0.1, 0.15) is 19.3 Å². The van der Waals surface area contributed by atoms with E-state index in [0.29, 0.717) is 23.2 Å². The van der Waals surface area contributed by atoms with Gasteiger partial charge in [-0.25, -0.2) is 4.79 Å². The molecule has 0 radical (unpaired) electrons. The van der Waals surface area contributed by atoms with Gasteiger partial charge in [-0.3, -0.25) is 4.57 Å². The lowest BCUT2D eigenvalue weighted by atomic mass is 9.72. The van der Waals surface area contributed by atoms with E-state index in [1.165, 1.54) is 120 Å². The van der Waals surface area contributed by atoms with Crippen LogP contribution in [0.1, 0.15) is 164 Å². The maximum atomic E-state index is 12.9. The van der Waals surface area contributed by atoms with Gasteiger partial charge in [-0.1, -0.05) is 159 Å². The third kappa shape index (κ3) is 28.3. The number of hydrogen-bond acceptors (Lipinski definition) is 7. The fourth-order valence-corrected chi connectivity index (χ4v) is 7.51. The monoisotopic (exact) mass is 792 g/mol. The minimum atomic E-state index is -4.58. The summed E-state index contributed by atoms with van der Waals surface area (Å²) in [6.07, 6.45) is 35.0.